The van der Waals surface area contributed by atoms with Gasteiger partial charge in [0, 0.05) is 19.0 Å². The van der Waals surface area contributed by atoms with Crippen molar-refractivity contribution in [3.63, 3.8) is 0 Å². The molecular weight excluding hydrogens is 209 g/mol. The van der Waals surface area contributed by atoms with Gasteiger partial charge in [0.05, 0.1) is 13.0 Å². The summed E-state index contributed by atoms with van der Waals surface area (Å²) in [4.78, 5) is 11.5. The van der Waals surface area contributed by atoms with E-state index in [4.69, 9.17) is 4.74 Å². The Morgan fingerprint density at radius 3 is 3.00 bits per heavy atom. The molecule has 0 bridgehead atoms. The Labute approximate surface area is 93.6 Å². The molecule has 1 aromatic carbocycles. The lowest BCUT2D eigenvalue weighted by molar-refractivity contribution is -0.145. The van der Waals surface area contributed by atoms with E-state index in [9.17, 15) is 9.18 Å². The van der Waals surface area contributed by atoms with E-state index in [0.29, 0.717) is 13.1 Å². The molecule has 86 valence electrons. The maximum Gasteiger partial charge on any atom is 0.310 e. The highest BCUT2D eigenvalue weighted by Crippen LogP contribution is 2.29. The van der Waals surface area contributed by atoms with Gasteiger partial charge in [0.25, 0.3) is 0 Å². The third-order valence-electron chi connectivity index (χ3n) is 2.99. The summed E-state index contributed by atoms with van der Waals surface area (Å²) < 4.78 is 17.8. The number of hydrogen-bond donors (Lipinski definition) is 1. The van der Waals surface area contributed by atoms with E-state index >= 15 is 0 Å². The number of methoxy groups -OCH3 is 1. The predicted molar refractivity (Wildman–Crippen MR) is 57.5 cm³/mol. The Bertz CT molecular complexity index is 394. The van der Waals surface area contributed by atoms with Crippen molar-refractivity contribution in [1.82, 2.24) is 5.32 Å². The smallest absolute Gasteiger partial charge is 0.310 e. The molecule has 2 rings (SSSR count). The zero-order valence-electron chi connectivity index (χ0n) is 9.07. The van der Waals surface area contributed by atoms with Gasteiger partial charge in [-0.1, -0.05) is 12.1 Å². The van der Waals surface area contributed by atoms with E-state index in [2.05, 4.69) is 5.32 Å². The van der Waals surface area contributed by atoms with Gasteiger partial charge in [0.2, 0.25) is 0 Å². The molecule has 2 unspecified atom stereocenters. The summed E-state index contributed by atoms with van der Waals surface area (Å²) in [7, 11) is 1.38. The van der Waals surface area contributed by atoms with Crippen molar-refractivity contribution >= 4 is 5.97 Å². The van der Waals surface area contributed by atoms with Gasteiger partial charge in [-0.05, 0) is 17.7 Å². The Morgan fingerprint density at radius 2 is 2.31 bits per heavy atom. The van der Waals surface area contributed by atoms with Crippen molar-refractivity contribution < 1.29 is 13.9 Å². The van der Waals surface area contributed by atoms with Crippen molar-refractivity contribution in [1.29, 1.82) is 0 Å². The molecule has 1 aromatic rings. The minimum Gasteiger partial charge on any atom is -0.469 e. The molecule has 16 heavy (non-hydrogen) atoms. The quantitative estimate of drug-likeness (QED) is 0.768. The number of ether oxygens (including phenoxy) is 1. The van der Waals surface area contributed by atoms with Crippen LogP contribution in [0.4, 0.5) is 4.39 Å². The number of hydrogen-bond acceptors (Lipinski definition) is 3. The average molecular weight is 223 g/mol. The Kier molecular flexibility index (Phi) is 3.19. The fourth-order valence-corrected chi connectivity index (χ4v) is 2.17. The van der Waals surface area contributed by atoms with E-state index in [1.54, 1.807) is 6.07 Å². The highest BCUT2D eigenvalue weighted by atomic mass is 19.1. The monoisotopic (exact) mass is 223 g/mol. The number of carbonyl (C=O) groups is 1. The molecule has 0 aliphatic carbocycles. The van der Waals surface area contributed by atoms with Crippen molar-refractivity contribution in [3.05, 3.63) is 35.6 Å². The van der Waals surface area contributed by atoms with Gasteiger partial charge in [-0.3, -0.25) is 4.79 Å². The van der Waals surface area contributed by atoms with Gasteiger partial charge in [-0.25, -0.2) is 4.39 Å². The summed E-state index contributed by atoms with van der Waals surface area (Å²) in [6, 6.07) is 6.39. The first-order valence-electron chi connectivity index (χ1n) is 5.26. The van der Waals surface area contributed by atoms with Gasteiger partial charge in [-0.15, -0.1) is 0 Å². The summed E-state index contributed by atoms with van der Waals surface area (Å²) in [5.41, 5.74) is 0.848. The number of carbonyl (C=O) groups excluding carboxylic acids is 1. The van der Waals surface area contributed by atoms with Crippen LogP contribution in [0.15, 0.2) is 24.3 Å². The topological polar surface area (TPSA) is 38.3 Å². The normalized spacial score (nSPS) is 24.4. The van der Waals surface area contributed by atoms with Crippen molar-refractivity contribution in [2.75, 3.05) is 20.2 Å². The number of nitrogens with one attached hydrogen (secondary N) is 1. The van der Waals surface area contributed by atoms with Gasteiger partial charge in [0.15, 0.2) is 0 Å². The molecule has 1 N–H and O–H groups in total. The largest absolute Gasteiger partial charge is 0.469 e. The zero-order valence-corrected chi connectivity index (χ0v) is 9.07. The van der Waals surface area contributed by atoms with E-state index in [1.807, 2.05) is 6.07 Å². The molecule has 0 saturated carbocycles. The van der Waals surface area contributed by atoms with Crippen molar-refractivity contribution in [2.24, 2.45) is 5.92 Å². The van der Waals surface area contributed by atoms with E-state index in [-0.39, 0.29) is 23.6 Å². The Morgan fingerprint density at radius 1 is 1.50 bits per heavy atom. The molecule has 1 saturated heterocycles. The molecule has 0 amide bonds. The Hall–Kier alpha value is -1.42. The number of benzene rings is 1. The van der Waals surface area contributed by atoms with Gasteiger partial charge in [0.1, 0.15) is 5.82 Å². The number of halogens is 1. The van der Waals surface area contributed by atoms with Crippen LogP contribution < -0.4 is 5.32 Å². The summed E-state index contributed by atoms with van der Waals surface area (Å²) in [6.45, 7) is 1.27. The van der Waals surface area contributed by atoms with Crippen LogP contribution in [-0.2, 0) is 9.53 Å². The van der Waals surface area contributed by atoms with Crippen LogP contribution in [0.1, 0.15) is 11.5 Å². The third-order valence-corrected chi connectivity index (χ3v) is 2.99. The molecule has 0 radical (unpaired) electrons. The molecule has 0 spiro atoms. The van der Waals surface area contributed by atoms with Crippen LogP contribution >= 0.6 is 0 Å². The second kappa shape index (κ2) is 4.61. The minimum absolute atomic E-state index is 0.00292. The fourth-order valence-electron chi connectivity index (χ4n) is 2.17. The maximum atomic E-state index is 13.1. The molecule has 2 atom stereocenters. The summed E-state index contributed by atoms with van der Waals surface area (Å²) >= 11 is 0. The van der Waals surface area contributed by atoms with E-state index in [1.165, 1.54) is 19.2 Å². The second-order valence-corrected chi connectivity index (χ2v) is 3.95. The maximum absolute atomic E-state index is 13.1. The van der Waals surface area contributed by atoms with Crippen LogP contribution in [0, 0.1) is 11.7 Å². The summed E-state index contributed by atoms with van der Waals surface area (Å²) in [5, 5.41) is 3.13. The first-order chi connectivity index (χ1) is 7.72. The van der Waals surface area contributed by atoms with Gasteiger partial charge in [-0.2, -0.15) is 0 Å². The molecule has 1 heterocycles. The molecular formula is C12H14FNO2. The molecule has 4 heteroatoms. The highest BCUT2D eigenvalue weighted by molar-refractivity contribution is 5.74. The van der Waals surface area contributed by atoms with E-state index < -0.39 is 0 Å². The van der Waals surface area contributed by atoms with Crippen LogP contribution in [-0.4, -0.2) is 26.2 Å². The molecule has 1 aliphatic heterocycles. The van der Waals surface area contributed by atoms with Crippen LogP contribution in [0.2, 0.25) is 0 Å². The zero-order chi connectivity index (χ0) is 11.5. The van der Waals surface area contributed by atoms with Crippen molar-refractivity contribution in [3.8, 4) is 0 Å². The number of rotatable bonds is 2. The third kappa shape index (κ3) is 2.07. The average Bonchev–Trinajstić information content (AvgIpc) is 2.77. The summed E-state index contributed by atoms with van der Waals surface area (Å²) in [5.74, 6) is -0.720. The standard InChI is InChI=1S/C12H14FNO2/c1-16-12(15)11-7-14-6-10(11)8-3-2-4-9(13)5-8/h2-5,10-11,14H,6-7H2,1H3. The van der Waals surface area contributed by atoms with E-state index in [0.717, 1.165) is 5.56 Å². The lowest BCUT2D eigenvalue weighted by Crippen LogP contribution is -2.22. The minimum atomic E-state index is -0.270. The number of esters is 1. The molecule has 0 aromatic heterocycles. The van der Waals surface area contributed by atoms with Crippen molar-refractivity contribution in [2.45, 2.75) is 5.92 Å². The predicted octanol–water partition coefficient (Wildman–Crippen LogP) is 1.30. The first kappa shape index (κ1) is 11.1. The Balaban J connectivity index is 2.23. The molecule has 1 aliphatic rings. The lowest BCUT2D eigenvalue weighted by atomic mass is 9.89. The van der Waals surface area contributed by atoms with Crippen LogP contribution in [0.5, 0.6) is 0 Å². The van der Waals surface area contributed by atoms with Crippen LogP contribution in [0.25, 0.3) is 0 Å². The second-order valence-electron chi connectivity index (χ2n) is 3.95. The summed E-state index contributed by atoms with van der Waals surface area (Å²) in [6.07, 6.45) is 0. The van der Waals surface area contributed by atoms with Gasteiger partial charge < -0.3 is 10.1 Å². The molecule has 3 nitrogen and oxygen atoms in total. The van der Waals surface area contributed by atoms with Crippen LogP contribution in [0.3, 0.4) is 0 Å². The SMILES string of the molecule is COC(=O)C1CNCC1c1cccc(F)c1. The molecule has 1 fully saturated rings. The first-order valence-corrected chi connectivity index (χ1v) is 5.26. The lowest BCUT2D eigenvalue weighted by Gasteiger charge is -2.16. The fraction of sp³-hybridized carbons (Fsp3) is 0.417. The highest BCUT2D eigenvalue weighted by Gasteiger charge is 2.34. The van der Waals surface area contributed by atoms with Gasteiger partial charge >= 0.3 is 5.97 Å².